The highest BCUT2D eigenvalue weighted by molar-refractivity contribution is 5.89. The molecule has 2 amide bonds. The maximum Gasteiger partial charge on any atom is 0.319 e. The smallest absolute Gasteiger partial charge is 0.319 e. The van der Waals surface area contributed by atoms with Crippen LogP contribution in [0.25, 0.3) is 0 Å². The van der Waals surface area contributed by atoms with Crippen LogP contribution in [0.15, 0.2) is 49.1 Å². The van der Waals surface area contributed by atoms with E-state index in [1.165, 1.54) is 6.33 Å². The van der Waals surface area contributed by atoms with E-state index in [0.717, 1.165) is 13.0 Å². The van der Waals surface area contributed by atoms with Crippen LogP contribution < -0.4 is 22.1 Å². The van der Waals surface area contributed by atoms with Crippen LogP contribution in [-0.2, 0) is 6.54 Å². The Kier molecular flexibility index (Phi) is 6.05. The molecule has 0 fully saturated rings. The van der Waals surface area contributed by atoms with Gasteiger partial charge < -0.3 is 22.1 Å². The Morgan fingerprint density at radius 3 is 2.71 bits per heavy atom. The van der Waals surface area contributed by atoms with Gasteiger partial charge >= 0.3 is 6.03 Å². The lowest BCUT2D eigenvalue weighted by Crippen LogP contribution is -2.30. The average molecular weight is 376 g/mol. The summed E-state index contributed by atoms with van der Waals surface area (Å²) in [7, 11) is 0. The molecule has 0 bridgehead atoms. The molecule has 28 heavy (non-hydrogen) atoms. The number of aryl methyl sites for hydroxylation is 1. The van der Waals surface area contributed by atoms with Crippen LogP contribution >= 0.6 is 0 Å². The molecular weight excluding hydrogens is 356 g/mol. The van der Waals surface area contributed by atoms with Crippen LogP contribution in [0.3, 0.4) is 0 Å². The summed E-state index contributed by atoms with van der Waals surface area (Å²) < 4.78 is 1.82. The van der Waals surface area contributed by atoms with E-state index in [4.69, 9.17) is 11.5 Å². The summed E-state index contributed by atoms with van der Waals surface area (Å²) in [6.07, 6.45) is 5.68. The van der Waals surface area contributed by atoms with E-state index in [9.17, 15) is 4.79 Å². The van der Waals surface area contributed by atoms with Gasteiger partial charge in [0.1, 0.15) is 23.5 Å². The number of carbonyl (C=O) groups is 1. The molecule has 2 aromatic heterocycles. The van der Waals surface area contributed by atoms with Crippen LogP contribution in [0.4, 0.5) is 22.1 Å². The van der Waals surface area contributed by atoms with Crippen LogP contribution in [0.5, 0.6) is 0 Å². The summed E-state index contributed by atoms with van der Waals surface area (Å²) in [6, 6.07) is 8.73. The fourth-order valence-corrected chi connectivity index (χ4v) is 2.40. The minimum absolute atomic E-state index is 0.226. The van der Waals surface area contributed by atoms with Crippen LogP contribution in [0, 0.1) is 11.8 Å². The Balaban J connectivity index is 1.55. The molecule has 142 valence electrons. The number of carbonyl (C=O) groups excluding carboxylic acids is 1. The van der Waals surface area contributed by atoms with Gasteiger partial charge in [-0.15, -0.1) is 0 Å². The second-order valence-corrected chi connectivity index (χ2v) is 5.85. The molecule has 6 N–H and O–H groups in total. The fraction of sp³-hybridized carbons (Fsp3) is 0.158. The number of benzene rings is 1. The number of aromatic nitrogens is 4. The van der Waals surface area contributed by atoms with Crippen molar-refractivity contribution < 1.29 is 4.79 Å². The Bertz CT molecular complexity index is 984. The summed E-state index contributed by atoms with van der Waals surface area (Å²) in [6.45, 7) is 1.28. The zero-order valence-corrected chi connectivity index (χ0v) is 15.1. The third kappa shape index (κ3) is 5.22. The first-order valence-corrected chi connectivity index (χ1v) is 8.62. The summed E-state index contributed by atoms with van der Waals surface area (Å²) in [5.74, 6) is 6.28. The maximum absolute atomic E-state index is 12.0. The minimum Gasteiger partial charge on any atom is -0.382 e. The maximum atomic E-state index is 12.0. The summed E-state index contributed by atoms with van der Waals surface area (Å²) >= 11 is 0. The van der Waals surface area contributed by atoms with Crippen molar-refractivity contribution in [3.63, 3.8) is 0 Å². The molecule has 0 unspecified atom stereocenters. The number of nitrogen functional groups attached to an aromatic ring is 2. The summed E-state index contributed by atoms with van der Waals surface area (Å²) in [5.41, 5.74) is 13.2. The molecule has 0 radical (unpaired) electrons. The number of urea groups is 1. The highest BCUT2D eigenvalue weighted by Crippen LogP contribution is 2.13. The van der Waals surface area contributed by atoms with Crippen molar-refractivity contribution in [2.45, 2.75) is 13.0 Å². The first-order chi connectivity index (χ1) is 13.6. The monoisotopic (exact) mass is 376 g/mol. The molecule has 0 aliphatic heterocycles. The molecule has 9 heteroatoms. The Hall–Kier alpha value is -4.06. The molecule has 0 aliphatic carbocycles. The number of nitrogens with two attached hydrogens (primary N) is 2. The highest BCUT2D eigenvalue weighted by atomic mass is 16.2. The molecule has 9 nitrogen and oxygen atoms in total. The van der Waals surface area contributed by atoms with Gasteiger partial charge in [0.15, 0.2) is 0 Å². The Morgan fingerprint density at radius 1 is 1.14 bits per heavy atom. The van der Waals surface area contributed by atoms with E-state index in [2.05, 4.69) is 37.5 Å². The second kappa shape index (κ2) is 9.05. The number of nitrogens with zero attached hydrogens (tertiary/aromatic N) is 4. The van der Waals surface area contributed by atoms with Gasteiger partial charge in [0, 0.05) is 36.7 Å². The lowest BCUT2D eigenvalue weighted by atomic mass is 10.2. The van der Waals surface area contributed by atoms with E-state index in [0.29, 0.717) is 23.4 Å². The average Bonchev–Trinajstić information content (AvgIpc) is 3.19. The van der Waals surface area contributed by atoms with Crippen molar-refractivity contribution in [1.29, 1.82) is 0 Å². The van der Waals surface area contributed by atoms with Gasteiger partial charge in [0.25, 0.3) is 0 Å². The van der Waals surface area contributed by atoms with E-state index >= 15 is 0 Å². The summed E-state index contributed by atoms with van der Waals surface area (Å²) in [5, 5.41) is 9.70. The molecular formula is C19H20N8O. The molecule has 2 heterocycles. The van der Waals surface area contributed by atoms with Gasteiger partial charge in [-0.05, 0) is 30.7 Å². The number of rotatable bonds is 5. The molecule has 0 aliphatic rings. The lowest BCUT2D eigenvalue weighted by molar-refractivity contribution is 0.251. The van der Waals surface area contributed by atoms with Crippen LogP contribution in [0.2, 0.25) is 0 Å². The summed E-state index contributed by atoms with van der Waals surface area (Å²) in [4.78, 5) is 19.8. The van der Waals surface area contributed by atoms with E-state index in [-0.39, 0.29) is 17.7 Å². The SMILES string of the molecule is Nc1ncnc(N)c1C#Cc1cccc(NC(=O)NCCCn2cccn2)c1. The zero-order chi connectivity index (χ0) is 19.8. The van der Waals surface area contributed by atoms with Gasteiger partial charge in [0.2, 0.25) is 0 Å². The standard InChI is InChI=1S/C19H20N8O/c20-17-16(18(21)24-13-23-17)7-6-14-4-1-5-15(12-14)26-19(28)22-8-2-10-27-11-3-9-25-27/h1,3-5,9,11-13H,2,8,10H2,(H2,22,26,28)(H4,20,21,23,24). The predicted molar refractivity (Wildman–Crippen MR) is 107 cm³/mol. The van der Waals surface area contributed by atoms with E-state index in [1.807, 2.05) is 23.0 Å². The number of amides is 2. The molecule has 0 atom stereocenters. The van der Waals surface area contributed by atoms with Crippen LogP contribution in [-0.4, -0.2) is 32.3 Å². The van der Waals surface area contributed by atoms with Crippen molar-refractivity contribution in [3.05, 3.63) is 60.2 Å². The van der Waals surface area contributed by atoms with Gasteiger partial charge in [-0.2, -0.15) is 5.10 Å². The molecule has 0 saturated carbocycles. The van der Waals surface area contributed by atoms with Gasteiger partial charge in [-0.25, -0.2) is 14.8 Å². The first kappa shape index (κ1) is 18.7. The lowest BCUT2D eigenvalue weighted by Gasteiger charge is -2.08. The quantitative estimate of drug-likeness (QED) is 0.393. The number of hydrogen-bond acceptors (Lipinski definition) is 6. The topological polar surface area (TPSA) is 137 Å². The normalized spacial score (nSPS) is 10.0. The predicted octanol–water partition coefficient (Wildman–Crippen LogP) is 1.45. The van der Waals surface area contributed by atoms with Gasteiger partial charge in [0.05, 0.1) is 0 Å². The molecule has 1 aromatic carbocycles. The number of hydrogen-bond donors (Lipinski definition) is 4. The second-order valence-electron chi connectivity index (χ2n) is 5.85. The van der Waals surface area contributed by atoms with Gasteiger partial charge in [-0.3, -0.25) is 4.68 Å². The van der Waals surface area contributed by atoms with Crippen molar-refractivity contribution >= 4 is 23.4 Å². The molecule has 3 rings (SSSR count). The number of nitrogens with one attached hydrogen (secondary N) is 2. The van der Waals surface area contributed by atoms with Crippen molar-refractivity contribution in [2.24, 2.45) is 0 Å². The van der Waals surface area contributed by atoms with E-state index < -0.39 is 0 Å². The van der Waals surface area contributed by atoms with Crippen molar-refractivity contribution in [2.75, 3.05) is 23.3 Å². The third-order valence-corrected chi connectivity index (χ3v) is 3.77. The largest absolute Gasteiger partial charge is 0.382 e. The zero-order valence-electron chi connectivity index (χ0n) is 15.1. The van der Waals surface area contributed by atoms with Crippen molar-refractivity contribution in [1.82, 2.24) is 25.1 Å². The van der Waals surface area contributed by atoms with Gasteiger partial charge in [-0.1, -0.05) is 17.9 Å². The highest BCUT2D eigenvalue weighted by Gasteiger charge is 2.04. The Morgan fingerprint density at radius 2 is 1.96 bits per heavy atom. The van der Waals surface area contributed by atoms with Crippen molar-refractivity contribution in [3.8, 4) is 11.8 Å². The number of anilines is 3. The minimum atomic E-state index is -0.282. The molecule has 3 aromatic rings. The van der Waals surface area contributed by atoms with E-state index in [1.54, 1.807) is 24.4 Å². The molecule has 0 spiro atoms. The van der Waals surface area contributed by atoms with Crippen LogP contribution in [0.1, 0.15) is 17.5 Å². The third-order valence-electron chi connectivity index (χ3n) is 3.77. The Labute approximate surface area is 162 Å². The molecule has 0 saturated heterocycles. The fourth-order valence-electron chi connectivity index (χ4n) is 2.40. The first-order valence-electron chi connectivity index (χ1n) is 8.62.